The molecule has 0 atom stereocenters. The van der Waals surface area contributed by atoms with Gasteiger partial charge in [0.25, 0.3) is 0 Å². The van der Waals surface area contributed by atoms with Gasteiger partial charge in [-0.1, -0.05) is 35.5 Å². The number of hydrogen-bond donors (Lipinski definition) is 0. The maximum absolute atomic E-state index is 5.41. The third-order valence-corrected chi connectivity index (χ3v) is 4.47. The van der Waals surface area contributed by atoms with Gasteiger partial charge >= 0.3 is 0 Å². The summed E-state index contributed by atoms with van der Waals surface area (Å²) in [5.41, 5.74) is 0. The molecule has 3 heteroatoms. The van der Waals surface area contributed by atoms with E-state index in [2.05, 4.69) is 48.7 Å². The average Bonchev–Trinajstić information content (AvgIpc) is 2.40. The maximum Gasteiger partial charge on any atom is 0.126 e. The van der Waals surface area contributed by atoms with E-state index in [9.17, 15) is 0 Å². The van der Waals surface area contributed by atoms with E-state index < -0.39 is 0 Å². The standard InChI is InChI=1S/C14H14OSSi/c1-15-13-9-8-11(16-2)10-14(13)17-12-6-4-3-5-7-12/h3-10H,1-2H3. The minimum Gasteiger partial charge on any atom is -0.497 e. The van der Waals surface area contributed by atoms with Gasteiger partial charge in [-0.05, 0) is 29.6 Å². The van der Waals surface area contributed by atoms with Crippen LogP contribution in [0.3, 0.4) is 0 Å². The van der Waals surface area contributed by atoms with E-state index in [0.29, 0.717) is 9.52 Å². The van der Waals surface area contributed by atoms with Gasteiger partial charge in [-0.2, -0.15) is 0 Å². The van der Waals surface area contributed by atoms with Crippen LogP contribution in [0.2, 0.25) is 0 Å². The summed E-state index contributed by atoms with van der Waals surface area (Å²) in [4.78, 5) is 1.28. The second-order valence-corrected chi connectivity index (χ2v) is 5.80. The van der Waals surface area contributed by atoms with E-state index in [1.165, 1.54) is 15.3 Å². The van der Waals surface area contributed by atoms with E-state index >= 15 is 0 Å². The van der Waals surface area contributed by atoms with E-state index in [1.807, 2.05) is 6.07 Å². The van der Waals surface area contributed by atoms with Gasteiger partial charge in [0, 0.05) is 4.90 Å². The van der Waals surface area contributed by atoms with Crippen LogP contribution in [0.15, 0.2) is 53.4 Å². The lowest BCUT2D eigenvalue weighted by Gasteiger charge is -2.09. The van der Waals surface area contributed by atoms with Gasteiger partial charge in [0.1, 0.15) is 15.3 Å². The first kappa shape index (κ1) is 12.3. The lowest BCUT2D eigenvalue weighted by Crippen LogP contribution is -2.28. The molecule has 0 N–H and O–H groups in total. The van der Waals surface area contributed by atoms with Crippen molar-refractivity contribution >= 4 is 31.7 Å². The van der Waals surface area contributed by atoms with Gasteiger partial charge in [0.15, 0.2) is 0 Å². The van der Waals surface area contributed by atoms with E-state index in [-0.39, 0.29) is 0 Å². The average molecular weight is 258 g/mol. The quantitative estimate of drug-likeness (QED) is 0.613. The zero-order chi connectivity index (χ0) is 12.1. The lowest BCUT2D eigenvalue weighted by atomic mass is 10.3. The molecule has 0 aliphatic carbocycles. The number of ether oxygens (including phenoxy) is 1. The zero-order valence-corrected chi connectivity index (χ0v) is 11.8. The molecule has 0 saturated carbocycles. The first-order valence-electron chi connectivity index (χ1n) is 5.37. The molecule has 0 bridgehead atoms. The maximum atomic E-state index is 5.41. The summed E-state index contributed by atoms with van der Waals surface area (Å²) in [5, 5.41) is 2.61. The van der Waals surface area contributed by atoms with Crippen LogP contribution < -0.4 is 15.1 Å². The fraction of sp³-hybridized carbons (Fsp3) is 0.143. The first-order valence-corrected chi connectivity index (χ1v) is 7.60. The number of hydrogen-bond acceptors (Lipinski definition) is 2. The Balaban J connectivity index is 2.30. The van der Waals surface area contributed by atoms with Crippen molar-refractivity contribution in [1.29, 1.82) is 0 Å². The summed E-state index contributed by atoms with van der Waals surface area (Å²) in [6, 6.07) is 16.9. The van der Waals surface area contributed by atoms with Gasteiger partial charge in [-0.15, -0.1) is 11.8 Å². The second-order valence-electron chi connectivity index (χ2n) is 3.56. The highest BCUT2D eigenvalue weighted by molar-refractivity contribution is 7.98. The second kappa shape index (κ2) is 5.94. The Hall–Kier alpha value is -1.19. The van der Waals surface area contributed by atoms with Crippen molar-refractivity contribution in [3.8, 4) is 5.75 Å². The molecule has 2 aromatic carbocycles. The molecule has 0 heterocycles. The van der Waals surface area contributed by atoms with Crippen LogP contribution in [0.1, 0.15) is 0 Å². The third-order valence-electron chi connectivity index (χ3n) is 2.46. The van der Waals surface area contributed by atoms with E-state index in [1.54, 1.807) is 18.9 Å². The summed E-state index contributed by atoms with van der Waals surface area (Å²) in [5.74, 6) is 0.977. The Morgan fingerprint density at radius 3 is 2.47 bits per heavy atom. The minimum absolute atomic E-state index is 0.643. The smallest absolute Gasteiger partial charge is 0.126 e. The summed E-state index contributed by atoms with van der Waals surface area (Å²) in [7, 11) is 2.37. The SMILES string of the molecule is COc1ccc(SC)cc1[Si]c1ccccc1. The predicted octanol–water partition coefficient (Wildman–Crippen LogP) is 2.07. The lowest BCUT2D eigenvalue weighted by molar-refractivity contribution is 0.418. The molecule has 0 saturated heterocycles. The molecule has 86 valence electrons. The van der Waals surface area contributed by atoms with Crippen LogP contribution in [-0.2, 0) is 0 Å². The molecule has 0 spiro atoms. The van der Waals surface area contributed by atoms with Crippen molar-refractivity contribution in [3.63, 3.8) is 0 Å². The highest BCUT2D eigenvalue weighted by atomic mass is 32.2. The van der Waals surface area contributed by atoms with Gasteiger partial charge in [0.05, 0.1) is 7.11 Å². The van der Waals surface area contributed by atoms with Crippen LogP contribution >= 0.6 is 11.8 Å². The molecule has 0 fully saturated rings. The molecule has 2 radical (unpaired) electrons. The van der Waals surface area contributed by atoms with Crippen molar-refractivity contribution in [2.24, 2.45) is 0 Å². The molecule has 2 rings (SSSR count). The van der Waals surface area contributed by atoms with Gasteiger partial charge in [-0.25, -0.2) is 0 Å². The molecule has 1 nitrogen and oxygen atoms in total. The monoisotopic (exact) mass is 258 g/mol. The number of methoxy groups -OCH3 is 1. The Morgan fingerprint density at radius 2 is 1.82 bits per heavy atom. The fourth-order valence-electron chi connectivity index (χ4n) is 1.59. The van der Waals surface area contributed by atoms with E-state index in [0.717, 1.165) is 5.75 Å². The number of benzene rings is 2. The first-order chi connectivity index (χ1) is 8.33. The fourth-order valence-corrected chi connectivity index (χ4v) is 3.34. The van der Waals surface area contributed by atoms with Crippen LogP contribution in [-0.4, -0.2) is 22.9 Å². The van der Waals surface area contributed by atoms with Crippen LogP contribution in [0.5, 0.6) is 5.75 Å². The minimum atomic E-state index is 0.643. The van der Waals surface area contributed by atoms with Crippen LogP contribution in [0.4, 0.5) is 0 Å². The van der Waals surface area contributed by atoms with Crippen molar-refractivity contribution in [2.45, 2.75) is 4.90 Å². The Labute approximate surface area is 109 Å². The number of thioether (sulfide) groups is 1. The molecular weight excluding hydrogens is 244 g/mol. The van der Waals surface area contributed by atoms with Gasteiger partial charge < -0.3 is 4.74 Å². The van der Waals surface area contributed by atoms with Gasteiger partial charge in [-0.3, -0.25) is 0 Å². The molecule has 0 amide bonds. The summed E-state index contributed by atoms with van der Waals surface area (Å²) >= 11 is 1.76. The normalized spacial score (nSPS) is 10.2. The molecule has 0 aliphatic heterocycles. The predicted molar refractivity (Wildman–Crippen MR) is 76.2 cm³/mol. The molecule has 17 heavy (non-hydrogen) atoms. The van der Waals surface area contributed by atoms with Crippen molar-refractivity contribution < 1.29 is 4.74 Å². The summed E-state index contributed by atoms with van der Waals surface area (Å²) < 4.78 is 5.41. The molecule has 0 aliphatic rings. The third kappa shape index (κ3) is 3.14. The molecule has 0 aromatic heterocycles. The largest absolute Gasteiger partial charge is 0.497 e. The van der Waals surface area contributed by atoms with Crippen molar-refractivity contribution in [2.75, 3.05) is 13.4 Å². The Kier molecular flexibility index (Phi) is 4.28. The highest BCUT2D eigenvalue weighted by Crippen LogP contribution is 2.16. The molecule has 2 aromatic rings. The van der Waals surface area contributed by atoms with Crippen molar-refractivity contribution in [1.82, 2.24) is 0 Å². The zero-order valence-electron chi connectivity index (χ0n) is 9.94. The van der Waals surface area contributed by atoms with Crippen LogP contribution in [0.25, 0.3) is 0 Å². The topological polar surface area (TPSA) is 9.23 Å². The Morgan fingerprint density at radius 1 is 1.06 bits per heavy atom. The summed E-state index contributed by atoms with van der Waals surface area (Å²) in [6.45, 7) is 0. The Bertz CT molecular complexity index is 485. The van der Waals surface area contributed by atoms with Crippen LogP contribution in [0, 0.1) is 0 Å². The van der Waals surface area contributed by atoms with Crippen molar-refractivity contribution in [3.05, 3.63) is 48.5 Å². The van der Waals surface area contributed by atoms with E-state index in [4.69, 9.17) is 4.74 Å². The van der Waals surface area contributed by atoms with Gasteiger partial charge in [0.2, 0.25) is 0 Å². The molecular formula is C14H14OSSi. The highest BCUT2D eigenvalue weighted by Gasteiger charge is 2.06. The summed E-state index contributed by atoms with van der Waals surface area (Å²) in [6.07, 6.45) is 2.09. The number of rotatable bonds is 4. The molecule has 0 unspecified atom stereocenters.